The number of carbonyl (C=O) groups excluding carboxylic acids is 2. The standard InChI is InChI=1S/C21H21N3O3S/c1-13-17(9-10-27-13)20(26)24-21-22-16(12-28-21)11-18(25)23-19(15-7-8-15)14-5-3-2-4-6-14/h2-6,9-10,12,15,19H,7-8,11H2,1H3,(H,23,25)(H,22,24,26). The molecule has 0 saturated heterocycles. The fraction of sp³-hybridized carbons (Fsp3) is 0.286. The van der Waals surface area contributed by atoms with Crippen LogP contribution < -0.4 is 10.6 Å². The number of aromatic nitrogens is 1. The Morgan fingerprint density at radius 2 is 2.04 bits per heavy atom. The molecule has 6 nitrogen and oxygen atoms in total. The predicted molar refractivity (Wildman–Crippen MR) is 107 cm³/mol. The van der Waals surface area contributed by atoms with Crippen LogP contribution in [0, 0.1) is 12.8 Å². The van der Waals surface area contributed by atoms with E-state index >= 15 is 0 Å². The highest BCUT2D eigenvalue weighted by Gasteiger charge is 2.33. The molecule has 2 aromatic heterocycles. The molecule has 1 unspecified atom stereocenters. The number of thiazole rings is 1. The molecule has 0 aliphatic heterocycles. The van der Waals surface area contributed by atoms with E-state index in [0.29, 0.717) is 28.1 Å². The average Bonchev–Trinajstić information content (AvgIpc) is 3.30. The van der Waals surface area contributed by atoms with Crippen LogP contribution in [-0.4, -0.2) is 16.8 Å². The third-order valence-electron chi connectivity index (χ3n) is 4.79. The van der Waals surface area contributed by atoms with E-state index in [1.165, 1.54) is 17.6 Å². The van der Waals surface area contributed by atoms with E-state index in [1.54, 1.807) is 18.4 Å². The van der Waals surface area contributed by atoms with Crippen LogP contribution in [0.2, 0.25) is 0 Å². The highest BCUT2D eigenvalue weighted by atomic mass is 32.1. The topological polar surface area (TPSA) is 84.2 Å². The zero-order chi connectivity index (χ0) is 19.5. The highest BCUT2D eigenvalue weighted by molar-refractivity contribution is 7.14. The smallest absolute Gasteiger partial charge is 0.260 e. The van der Waals surface area contributed by atoms with E-state index in [0.717, 1.165) is 18.4 Å². The number of benzene rings is 1. The molecule has 28 heavy (non-hydrogen) atoms. The first-order valence-electron chi connectivity index (χ1n) is 9.24. The largest absolute Gasteiger partial charge is 0.469 e. The summed E-state index contributed by atoms with van der Waals surface area (Å²) in [6, 6.07) is 11.7. The van der Waals surface area contributed by atoms with Crippen LogP contribution in [0.15, 0.2) is 52.5 Å². The van der Waals surface area contributed by atoms with Crippen molar-refractivity contribution < 1.29 is 14.0 Å². The third-order valence-corrected chi connectivity index (χ3v) is 5.59. The van der Waals surface area contributed by atoms with Crippen molar-refractivity contribution >= 4 is 28.3 Å². The van der Waals surface area contributed by atoms with E-state index in [9.17, 15) is 9.59 Å². The zero-order valence-electron chi connectivity index (χ0n) is 15.5. The monoisotopic (exact) mass is 395 g/mol. The van der Waals surface area contributed by atoms with Gasteiger partial charge in [0.05, 0.1) is 30.0 Å². The van der Waals surface area contributed by atoms with Crippen LogP contribution in [0.5, 0.6) is 0 Å². The summed E-state index contributed by atoms with van der Waals surface area (Å²) in [6.07, 6.45) is 3.94. The summed E-state index contributed by atoms with van der Waals surface area (Å²) in [5.74, 6) is 0.736. The van der Waals surface area contributed by atoms with Crippen molar-refractivity contribution in [3.63, 3.8) is 0 Å². The summed E-state index contributed by atoms with van der Waals surface area (Å²) in [7, 11) is 0. The van der Waals surface area contributed by atoms with Gasteiger partial charge in [-0.3, -0.25) is 14.9 Å². The summed E-state index contributed by atoms with van der Waals surface area (Å²) in [6.45, 7) is 1.73. The Morgan fingerprint density at radius 1 is 1.25 bits per heavy atom. The van der Waals surface area contributed by atoms with Crippen LogP contribution in [0.1, 0.15) is 46.3 Å². The number of aryl methyl sites for hydroxylation is 1. The maximum Gasteiger partial charge on any atom is 0.260 e. The van der Waals surface area contributed by atoms with E-state index in [4.69, 9.17) is 4.42 Å². The Kier molecular flexibility index (Phi) is 5.25. The minimum Gasteiger partial charge on any atom is -0.469 e. The van der Waals surface area contributed by atoms with Crippen LogP contribution in [-0.2, 0) is 11.2 Å². The van der Waals surface area contributed by atoms with Gasteiger partial charge in [-0.15, -0.1) is 11.3 Å². The third kappa shape index (κ3) is 4.31. The lowest BCUT2D eigenvalue weighted by molar-refractivity contribution is -0.121. The number of hydrogen-bond acceptors (Lipinski definition) is 5. The minimum atomic E-state index is -0.269. The maximum atomic E-state index is 12.5. The van der Waals surface area contributed by atoms with E-state index in [-0.39, 0.29) is 24.3 Å². The van der Waals surface area contributed by atoms with E-state index < -0.39 is 0 Å². The molecule has 1 aromatic carbocycles. The summed E-state index contributed by atoms with van der Waals surface area (Å²) < 4.78 is 5.15. The summed E-state index contributed by atoms with van der Waals surface area (Å²) in [5.41, 5.74) is 2.26. The summed E-state index contributed by atoms with van der Waals surface area (Å²) >= 11 is 1.30. The van der Waals surface area contributed by atoms with Gasteiger partial charge in [-0.25, -0.2) is 4.98 Å². The van der Waals surface area contributed by atoms with Crippen molar-refractivity contribution in [2.75, 3.05) is 5.32 Å². The molecule has 144 valence electrons. The van der Waals surface area contributed by atoms with Crippen LogP contribution in [0.3, 0.4) is 0 Å². The van der Waals surface area contributed by atoms with Crippen molar-refractivity contribution in [1.82, 2.24) is 10.3 Å². The lowest BCUT2D eigenvalue weighted by atomic mass is 10.0. The second-order valence-electron chi connectivity index (χ2n) is 6.96. The molecule has 7 heteroatoms. The molecule has 2 N–H and O–H groups in total. The number of anilines is 1. The number of amides is 2. The molecule has 1 aliphatic carbocycles. The van der Waals surface area contributed by atoms with Crippen LogP contribution in [0.4, 0.5) is 5.13 Å². The molecule has 0 radical (unpaired) electrons. The van der Waals surface area contributed by atoms with Gasteiger partial charge in [-0.1, -0.05) is 30.3 Å². The van der Waals surface area contributed by atoms with Crippen LogP contribution >= 0.6 is 11.3 Å². The first-order valence-corrected chi connectivity index (χ1v) is 10.1. The molecule has 1 saturated carbocycles. The molecule has 2 amide bonds. The van der Waals surface area contributed by atoms with Crippen molar-refractivity contribution in [2.24, 2.45) is 5.92 Å². The Labute approximate surface area is 167 Å². The van der Waals surface area contributed by atoms with Crippen LogP contribution in [0.25, 0.3) is 0 Å². The first-order chi connectivity index (χ1) is 13.6. The van der Waals surface area contributed by atoms with Gasteiger partial charge in [0.25, 0.3) is 5.91 Å². The fourth-order valence-electron chi connectivity index (χ4n) is 3.18. The van der Waals surface area contributed by atoms with Gasteiger partial charge in [0, 0.05) is 5.38 Å². The van der Waals surface area contributed by atoms with Gasteiger partial charge in [0.1, 0.15) is 5.76 Å². The van der Waals surface area contributed by atoms with Gasteiger partial charge in [-0.2, -0.15) is 0 Å². The summed E-state index contributed by atoms with van der Waals surface area (Å²) in [5, 5.41) is 8.17. The lowest BCUT2D eigenvalue weighted by Crippen LogP contribution is -2.31. The van der Waals surface area contributed by atoms with Gasteiger partial charge in [0.2, 0.25) is 5.91 Å². The van der Waals surface area contributed by atoms with E-state index in [2.05, 4.69) is 27.8 Å². The average molecular weight is 395 g/mol. The molecular formula is C21H21N3O3S. The van der Waals surface area contributed by atoms with Gasteiger partial charge in [-0.05, 0) is 37.3 Å². The van der Waals surface area contributed by atoms with Crippen molar-refractivity contribution in [2.45, 2.75) is 32.2 Å². The number of furan rings is 1. The Hall–Kier alpha value is -2.93. The Bertz CT molecular complexity index is 976. The highest BCUT2D eigenvalue weighted by Crippen LogP contribution is 2.40. The second kappa shape index (κ2) is 7.98. The number of carbonyl (C=O) groups is 2. The SMILES string of the molecule is Cc1occc1C(=O)Nc1nc(CC(=O)NC(c2ccccc2)C2CC2)cs1. The van der Waals surface area contributed by atoms with Crippen molar-refractivity contribution in [3.8, 4) is 0 Å². The normalized spacial score (nSPS) is 14.5. The minimum absolute atomic E-state index is 0.0515. The van der Waals surface area contributed by atoms with Gasteiger partial charge >= 0.3 is 0 Å². The van der Waals surface area contributed by atoms with Crippen molar-refractivity contribution in [3.05, 3.63) is 70.6 Å². The lowest BCUT2D eigenvalue weighted by Gasteiger charge is -2.18. The maximum absolute atomic E-state index is 12.5. The Balaban J connectivity index is 1.36. The molecule has 1 atom stereocenters. The molecule has 0 bridgehead atoms. The summed E-state index contributed by atoms with van der Waals surface area (Å²) in [4.78, 5) is 29.1. The molecule has 1 aliphatic rings. The quantitative estimate of drug-likeness (QED) is 0.631. The number of hydrogen-bond donors (Lipinski definition) is 2. The Morgan fingerprint density at radius 3 is 2.71 bits per heavy atom. The fourth-order valence-corrected chi connectivity index (χ4v) is 3.89. The number of nitrogens with one attached hydrogen (secondary N) is 2. The predicted octanol–water partition coefficient (Wildman–Crippen LogP) is 4.11. The number of rotatable bonds is 7. The first kappa shape index (κ1) is 18.4. The van der Waals surface area contributed by atoms with Gasteiger partial charge in [0.15, 0.2) is 5.13 Å². The number of nitrogens with zero attached hydrogens (tertiary/aromatic N) is 1. The zero-order valence-corrected chi connectivity index (χ0v) is 16.3. The molecule has 3 aromatic rings. The molecule has 1 fully saturated rings. The molecule has 0 spiro atoms. The molecule has 4 rings (SSSR count). The molecule has 2 heterocycles. The second-order valence-corrected chi connectivity index (χ2v) is 7.82. The van der Waals surface area contributed by atoms with Crippen molar-refractivity contribution in [1.29, 1.82) is 0 Å². The van der Waals surface area contributed by atoms with Gasteiger partial charge < -0.3 is 9.73 Å². The molecular weight excluding hydrogens is 374 g/mol. The van der Waals surface area contributed by atoms with E-state index in [1.807, 2.05) is 18.2 Å².